The van der Waals surface area contributed by atoms with Gasteiger partial charge < -0.3 is 10.1 Å². The summed E-state index contributed by atoms with van der Waals surface area (Å²) in [6, 6.07) is 34.0. The number of halogens is 1. The molecule has 0 spiro atoms. The highest BCUT2D eigenvalue weighted by Gasteiger charge is 2.29. The summed E-state index contributed by atoms with van der Waals surface area (Å²) in [6.07, 6.45) is 1.81. The lowest BCUT2D eigenvalue weighted by Gasteiger charge is -2.30. The molecule has 0 saturated heterocycles. The van der Waals surface area contributed by atoms with Crippen LogP contribution in [0.1, 0.15) is 35.2 Å². The normalized spacial score (nSPS) is 13.1. The average Bonchev–Trinajstić information content (AvgIpc) is 2.93. The van der Waals surface area contributed by atoms with E-state index in [2.05, 4.69) is 44.8 Å². The molecular formula is C30H31IN2O3S. The molecule has 0 heterocycles. The Labute approximate surface area is 233 Å². The Morgan fingerprint density at radius 2 is 1.32 bits per heavy atom. The van der Waals surface area contributed by atoms with Gasteiger partial charge in [0, 0.05) is 3.57 Å². The van der Waals surface area contributed by atoms with Crippen LogP contribution in [-0.2, 0) is 16.4 Å². The molecule has 0 aromatic heterocycles. The van der Waals surface area contributed by atoms with Crippen LogP contribution < -0.4 is 14.8 Å². The Kier molecular flexibility index (Phi) is 9.74. The Bertz CT molecular complexity index is 1350. The van der Waals surface area contributed by atoms with Gasteiger partial charge in [0.25, 0.3) is 0 Å². The smallest absolute Gasteiger partial charge is 0.241 e. The SMILES string of the molecule is COc1ccc(CCCN[C@@H](c2ccccc2)[C@H](NS(=O)(=O)c2ccc(I)cc2)c2ccccc2)cc1. The molecule has 0 bridgehead atoms. The summed E-state index contributed by atoms with van der Waals surface area (Å²) in [5, 5.41) is 3.66. The minimum atomic E-state index is -3.76. The lowest BCUT2D eigenvalue weighted by atomic mass is 9.94. The fourth-order valence-electron chi connectivity index (χ4n) is 4.27. The molecule has 0 radical (unpaired) electrons. The standard InChI is InChI=1S/C30H31IN2O3S/c1-36-27-18-14-23(15-19-27)9-8-22-32-29(24-10-4-2-5-11-24)30(25-12-6-3-7-13-25)33-37(34,35)28-20-16-26(31)17-21-28/h2-7,10-21,29-30,32-33H,8-9,22H2,1H3/t29-,30+/m0/s1. The van der Waals surface area contributed by atoms with E-state index in [4.69, 9.17) is 4.74 Å². The maximum absolute atomic E-state index is 13.5. The number of ether oxygens (including phenoxy) is 1. The topological polar surface area (TPSA) is 67.4 Å². The first-order valence-electron chi connectivity index (χ1n) is 12.2. The van der Waals surface area contributed by atoms with Crippen LogP contribution in [-0.4, -0.2) is 22.1 Å². The van der Waals surface area contributed by atoms with E-state index in [0.29, 0.717) is 0 Å². The molecule has 0 fully saturated rings. The molecule has 0 saturated carbocycles. The van der Waals surface area contributed by atoms with Gasteiger partial charge >= 0.3 is 0 Å². The molecule has 0 aliphatic carbocycles. The van der Waals surface area contributed by atoms with E-state index in [1.807, 2.05) is 72.8 Å². The van der Waals surface area contributed by atoms with Crippen molar-refractivity contribution in [3.05, 3.63) is 129 Å². The summed E-state index contributed by atoms with van der Waals surface area (Å²) in [5.74, 6) is 0.845. The summed E-state index contributed by atoms with van der Waals surface area (Å²) in [4.78, 5) is 0.250. The van der Waals surface area contributed by atoms with Crippen LogP contribution in [0, 0.1) is 3.57 Å². The van der Waals surface area contributed by atoms with Gasteiger partial charge in [-0.2, -0.15) is 0 Å². The van der Waals surface area contributed by atoms with E-state index < -0.39 is 16.1 Å². The highest BCUT2D eigenvalue weighted by molar-refractivity contribution is 14.1. The van der Waals surface area contributed by atoms with Crippen molar-refractivity contribution in [2.24, 2.45) is 0 Å². The van der Waals surface area contributed by atoms with Gasteiger partial charge in [-0.1, -0.05) is 72.8 Å². The highest BCUT2D eigenvalue weighted by Crippen LogP contribution is 2.31. The summed E-state index contributed by atoms with van der Waals surface area (Å²) < 4.78 is 36.2. The van der Waals surface area contributed by atoms with Gasteiger partial charge in [0.05, 0.1) is 24.1 Å². The van der Waals surface area contributed by atoms with Crippen LogP contribution >= 0.6 is 22.6 Å². The van der Waals surface area contributed by atoms with Gasteiger partial charge in [-0.25, -0.2) is 13.1 Å². The number of rotatable bonds is 12. The molecule has 0 aliphatic rings. The second-order valence-corrected chi connectivity index (χ2v) is 11.7. The molecule has 0 aliphatic heterocycles. The molecule has 192 valence electrons. The summed E-state index contributed by atoms with van der Waals surface area (Å²) in [7, 11) is -2.10. The van der Waals surface area contributed by atoms with Crippen molar-refractivity contribution in [3.63, 3.8) is 0 Å². The number of benzene rings is 4. The van der Waals surface area contributed by atoms with Crippen LogP contribution in [0.25, 0.3) is 0 Å². The highest BCUT2D eigenvalue weighted by atomic mass is 127. The van der Waals surface area contributed by atoms with Gasteiger partial charge in [0.1, 0.15) is 5.75 Å². The molecule has 0 unspecified atom stereocenters. The Hall–Kier alpha value is -2.72. The molecule has 4 aromatic carbocycles. The van der Waals surface area contributed by atoms with Crippen LogP contribution in [0.15, 0.2) is 114 Å². The fraction of sp³-hybridized carbons (Fsp3) is 0.200. The van der Waals surface area contributed by atoms with Crippen molar-refractivity contribution in [2.75, 3.05) is 13.7 Å². The van der Waals surface area contributed by atoms with Crippen LogP contribution in [0.5, 0.6) is 5.75 Å². The molecular weight excluding hydrogens is 595 g/mol. The van der Waals surface area contributed by atoms with Gasteiger partial charge in [0.15, 0.2) is 0 Å². The van der Waals surface area contributed by atoms with Crippen molar-refractivity contribution >= 4 is 32.6 Å². The predicted molar refractivity (Wildman–Crippen MR) is 157 cm³/mol. The maximum Gasteiger partial charge on any atom is 0.241 e. The van der Waals surface area contributed by atoms with Crippen molar-refractivity contribution < 1.29 is 13.2 Å². The molecule has 37 heavy (non-hydrogen) atoms. The van der Waals surface area contributed by atoms with E-state index in [1.165, 1.54) is 5.56 Å². The summed E-state index contributed by atoms with van der Waals surface area (Å²) in [6.45, 7) is 0.722. The Morgan fingerprint density at radius 3 is 1.89 bits per heavy atom. The van der Waals surface area contributed by atoms with Gasteiger partial charge in [0.2, 0.25) is 10.0 Å². The van der Waals surface area contributed by atoms with Crippen molar-refractivity contribution in [3.8, 4) is 5.75 Å². The zero-order valence-electron chi connectivity index (χ0n) is 20.7. The maximum atomic E-state index is 13.5. The first-order chi connectivity index (χ1) is 18.0. The fourth-order valence-corrected chi connectivity index (χ4v) is 5.87. The summed E-state index contributed by atoms with van der Waals surface area (Å²) in [5.41, 5.74) is 3.15. The van der Waals surface area contributed by atoms with Crippen molar-refractivity contribution in [1.82, 2.24) is 10.0 Å². The van der Waals surface area contributed by atoms with Crippen molar-refractivity contribution in [2.45, 2.75) is 29.8 Å². The lowest BCUT2D eigenvalue weighted by molar-refractivity contribution is 0.414. The molecule has 4 aromatic rings. The van der Waals surface area contributed by atoms with E-state index in [1.54, 1.807) is 31.4 Å². The molecule has 4 rings (SSSR count). The van der Waals surface area contributed by atoms with Crippen LogP contribution in [0.4, 0.5) is 0 Å². The predicted octanol–water partition coefficient (Wildman–Crippen LogP) is 6.28. The van der Waals surface area contributed by atoms with Gasteiger partial charge in [-0.15, -0.1) is 0 Å². The Balaban J connectivity index is 1.58. The first-order valence-corrected chi connectivity index (χ1v) is 14.8. The number of hydrogen-bond acceptors (Lipinski definition) is 4. The quantitative estimate of drug-likeness (QED) is 0.144. The number of nitrogens with one attached hydrogen (secondary N) is 2. The second kappa shape index (κ2) is 13.2. The van der Waals surface area contributed by atoms with Crippen LogP contribution in [0.3, 0.4) is 0 Å². The lowest BCUT2D eigenvalue weighted by Crippen LogP contribution is -2.39. The molecule has 2 N–H and O–H groups in total. The third-order valence-electron chi connectivity index (χ3n) is 6.22. The monoisotopic (exact) mass is 626 g/mol. The number of sulfonamides is 1. The zero-order chi connectivity index (χ0) is 26.1. The minimum absolute atomic E-state index is 0.250. The third-order valence-corrected chi connectivity index (χ3v) is 8.40. The van der Waals surface area contributed by atoms with Gasteiger partial charge in [-0.05, 0) is 95.1 Å². The summed E-state index contributed by atoms with van der Waals surface area (Å²) >= 11 is 2.17. The van der Waals surface area contributed by atoms with E-state index >= 15 is 0 Å². The number of aryl methyl sites for hydroxylation is 1. The van der Waals surface area contributed by atoms with E-state index in [9.17, 15) is 8.42 Å². The first kappa shape index (κ1) is 27.3. The average molecular weight is 627 g/mol. The third kappa shape index (κ3) is 7.64. The molecule has 0 amide bonds. The number of methoxy groups -OCH3 is 1. The zero-order valence-corrected chi connectivity index (χ0v) is 23.7. The van der Waals surface area contributed by atoms with E-state index in [-0.39, 0.29) is 10.9 Å². The number of hydrogen-bond donors (Lipinski definition) is 2. The molecule has 5 nitrogen and oxygen atoms in total. The molecule has 7 heteroatoms. The van der Waals surface area contributed by atoms with Gasteiger partial charge in [-0.3, -0.25) is 0 Å². The minimum Gasteiger partial charge on any atom is -0.497 e. The van der Waals surface area contributed by atoms with Crippen LogP contribution in [0.2, 0.25) is 0 Å². The molecule has 2 atom stereocenters. The Morgan fingerprint density at radius 1 is 0.757 bits per heavy atom. The van der Waals surface area contributed by atoms with Crippen molar-refractivity contribution in [1.29, 1.82) is 0 Å². The second-order valence-electron chi connectivity index (χ2n) is 8.76. The largest absolute Gasteiger partial charge is 0.497 e. The van der Waals surface area contributed by atoms with E-state index in [0.717, 1.165) is 39.8 Å².